The number of anilines is 1. The number of carbonyl (C=O) groups excluding carboxylic acids is 2. The molecular weight excluding hydrogens is 268 g/mol. The van der Waals surface area contributed by atoms with Crippen LogP contribution in [-0.4, -0.2) is 36.5 Å². The molecule has 0 aromatic heterocycles. The summed E-state index contributed by atoms with van der Waals surface area (Å²) in [6.07, 6.45) is 0. The second-order valence-corrected chi connectivity index (χ2v) is 5.09. The number of likely N-dealkylation sites (N-methyl/N-ethyl adjacent to an activating group) is 1. The van der Waals surface area contributed by atoms with Crippen LogP contribution in [0.5, 0.6) is 0 Å². The van der Waals surface area contributed by atoms with Crippen molar-refractivity contribution < 1.29 is 9.59 Å². The van der Waals surface area contributed by atoms with E-state index in [2.05, 4.69) is 10.6 Å². The number of urea groups is 1. The monoisotopic (exact) mass is 292 g/mol. The highest BCUT2D eigenvalue weighted by Gasteiger charge is 2.18. The average Bonchev–Trinajstić information content (AvgIpc) is 2.45. The van der Waals surface area contributed by atoms with Gasteiger partial charge in [-0.25, -0.2) is 4.79 Å². The average molecular weight is 292 g/mol. The molecule has 0 bridgehead atoms. The van der Waals surface area contributed by atoms with Crippen molar-refractivity contribution >= 4 is 17.6 Å². The first-order valence-electron chi connectivity index (χ1n) is 7.03. The molecule has 0 spiro atoms. The summed E-state index contributed by atoms with van der Waals surface area (Å²) in [6, 6.07) is 6.22. The maximum Gasteiger partial charge on any atom is 0.319 e. The van der Waals surface area contributed by atoms with Gasteiger partial charge in [-0.2, -0.15) is 0 Å². The first-order valence-corrected chi connectivity index (χ1v) is 7.03. The molecule has 3 amide bonds. The number of hydrogen-bond donors (Lipinski definition) is 3. The van der Waals surface area contributed by atoms with Crippen LogP contribution in [0, 0.1) is 0 Å². The van der Waals surface area contributed by atoms with Gasteiger partial charge in [0.1, 0.15) is 6.04 Å². The van der Waals surface area contributed by atoms with E-state index < -0.39 is 12.1 Å². The number of carbonyl (C=O) groups is 2. The highest BCUT2D eigenvalue weighted by molar-refractivity contribution is 5.93. The fourth-order valence-electron chi connectivity index (χ4n) is 1.81. The Labute approximate surface area is 125 Å². The van der Waals surface area contributed by atoms with E-state index in [-0.39, 0.29) is 11.9 Å². The molecule has 0 aliphatic heterocycles. The minimum Gasteiger partial charge on any atom is -0.344 e. The van der Waals surface area contributed by atoms with Crippen LogP contribution >= 0.6 is 0 Å². The second-order valence-electron chi connectivity index (χ2n) is 5.09. The number of hydrogen-bond acceptors (Lipinski definition) is 3. The van der Waals surface area contributed by atoms with E-state index in [1.165, 1.54) is 0 Å². The largest absolute Gasteiger partial charge is 0.344 e. The first kappa shape index (κ1) is 17.0. The number of nitrogens with two attached hydrogens (primary N) is 1. The Bertz CT molecular complexity index is 502. The number of benzene rings is 1. The number of nitrogens with zero attached hydrogens (tertiary/aromatic N) is 1. The van der Waals surface area contributed by atoms with Crippen LogP contribution in [-0.2, 0) is 4.79 Å². The van der Waals surface area contributed by atoms with Gasteiger partial charge in [0.15, 0.2) is 0 Å². The summed E-state index contributed by atoms with van der Waals surface area (Å²) in [7, 11) is 1.70. The lowest BCUT2D eigenvalue weighted by atomic mass is 10.1. The van der Waals surface area contributed by atoms with E-state index in [0.717, 1.165) is 5.56 Å². The lowest BCUT2D eigenvalue weighted by Gasteiger charge is -2.20. The summed E-state index contributed by atoms with van der Waals surface area (Å²) in [5, 5.41) is 5.32. The smallest absolute Gasteiger partial charge is 0.319 e. The topological polar surface area (TPSA) is 87.5 Å². The van der Waals surface area contributed by atoms with E-state index in [1.54, 1.807) is 24.9 Å². The van der Waals surface area contributed by atoms with Gasteiger partial charge < -0.3 is 21.3 Å². The Morgan fingerprint density at radius 1 is 1.33 bits per heavy atom. The molecule has 2 unspecified atom stereocenters. The molecule has 0 saturated carbocycles. The molecule has 1 rings (SSSR count). The van der Waals surface area contributed by atoms with E-state index in [9.17, 15) is 9.59 Å². The zero-order valence-electron chi connectivity index (χ0n) is 13.0. The van der Waals surface area contributed by atoms with E-state index in [4.69, 9.17) is 5.73 Å². The summed E-state index contributed by atoms with van der Waals surface area (Å²) in [5.74, 6) is -0.128. The predicted octanol–water partition coefficient (Wildman–Crippen LogP) is 1.69. The van der Waals surface area contributed by atoms with Crippen molar-refractivity contribution in [3.05, 3.63) is 29.8 Å². The van der Waals surface area contributed by atoms with Crippen LogP contribution in [0.3, 0.4) is 0 Å². The molecule has 0 saturated heterocycles. The molecule has 6 heteroatoms. The summed E-state index contributed by atoms with van der Waals surface area (Å²) in [5.41, 5.74) is 7.38. The molecule has 0 radical (unpaired) electrons. The Morgan fingerprint density at radius 2 is 2.00 bits per heavy atom. The van der Waals surface area contributed by atoms with Crippen LogP contribution < -0.4 is 16.4 Å². The van der Waals surface area contributed by atoms with Gasteiger partial charge in [-0.3, -0.25) is 4.79 Å². The third-order valence-electron chi connectivity index (χ3n) is 3.24. The van der Waals surface area contributed by atoms with Crippen molar-refractivity contribution in [1.29, 1.82) is 0 Å². The van der Waals surface area contributed by atoms with E-state index in [0.29, 0.717) is 12.2 Å². The minimum atomic E-state index is -0.577. The molecule has 21 heavy (non-hydrogen) atoms. The minimum absolute atomic E-state index is 0.103. The van der Waals surface area contributed by atoms with Crippen molar-refractivity contribution in [3.63, 3.8) is 0 Å². The molecule has 1 aromatic carbocycles. The molecule has 2 atom stereocenters. The molecule has 0 heterocycles. The Balaban J connectivity index is 2.61. The van der Waals surface area contributed by atoms with Gasteiger partial charge in [0.25, 0.3) is 0 Å². The van der Waals surface area contributed by atoms with Gasteiger partial charge in [0, 0.05) is 25.3 Å². The van der Waals surface area contributed by atoms with Crippen LogP contribution in [0.15, 0.2) is 24.3 Å². The molecule has 0 fully saturated rings. The van der Waals surface area contributed by atoms with Crippen molar-refractivity contribution in [2.75, 3.05) is 18.9 Å². The second kappa shape index (κ2) is 7.64. The number of amides is 3. The van der Waals surface area contributed by atoms with Crippen LogP contribution in [0.2, 0.25) is 0 Å². The lowest BCUT2D eigenvalue weighted by Crippen LogP contribution is -2.46. The number of rotatable bonds is 5. The van der Waals surface area contributed by atoms with Gasteiger partial charge in [0.05, 0.1) is 0 Å². The van der Waals surface area contributed by atoms with Crippen LogP contribution in [0.1, 0.15) is 32.4 Å². The SMILES string of the molecule is CCN(C)C(=O)C(C)NC(=O)Nc1cccc(C(C)N)c1. The predicted molar refractivity (Wildman–Crippen MR) is 84.0 cm³/mol. The van der Waals surface area contributed by atoms with Gasteiger partial charge >= 0.3 is 6.03 Å². The van der Waals surface area contributed by atoms with Crippen LogP contribution in [0.25, 0.3) is 0 Å². The highest BCUT2D eigenvalue weighted by Crippen LogP contribution is 2.15. The Kier molecular flexibility index (Phi) is 6.17. The van der Waals surface area contributed by atoms with Crippen molar-refractivity contribution in [2.45, 2.75) is 32.9 Å². The molecule has 0 aliphatic carbocycles. The van der Waals surface area contributed by atoms with Crippen LogP contribution in [0.4, 0.5) is 10.5 Å². The summed E-state index contributed by atoms with van der Waals surface area (Å²) in [6.45, 7) is 6.01. The third kappa shape index (κ3) is 5.07. The normalized spacial score (nSPS) is 13.2. The summed E-state index contributed by atoms with van der Waals surface area (Å²) >= 11 is 0. The molecule has 116 valence electrons. The quantitative estimate of drug-likeness (QED) is 0.772. The molecule has 4 N–H and O–H groups in total. The van der Waals surface area contributed by atoms with Crippen molar-refractivity contribution in [2.24, 2.45) is 5.73 Å². The van der Waals surface area contributed by atoms with E-state index in [1.807, 2.05) is 32.0 Å². The molecular formula is C15H24N4O2. The molecule has 0 aliphatic rings. The first-order chi connectivity index (χ1) is 9.85. The number of nitrogens with one attached hydrogen (secondary N) is 2. The fraction of sp³-hybridized carbons (Fsp3) is 0.467. The molecule has 6 nitrogen and oxygen atoms in total. The lowest BCUT2D eigenvalue weighted by molar-refractivity contribution is -0.131. The zero-order valence-corrected chi connectivity index (χ0v) is 13.0. The van der Waals surface area contributed by atoms with Gasteiger partial charge in [-0.15, -0.1) is 0 Å². The van der Waals surface area contributed by atoms with Gasteiger partial charge in [-0.05, 0) is 38.5 Å². The molecule has 1 aromatic rings. The zero-order chi connectivity index (χ0) is 16.0. The summed E-state index contributed by atoms with van der Waals surface area (Å²) < 4.78 is 0. The summed E-state index contributed by atoms with van der Waals surface area (Å²) in [4.78, 5) is 25.3. The van der Waals surface area contributed by atoms with Crippen molar-refractivity contribution in [1.82, 2.24) is 10.2 Å². The maximum absolute atomic E-state index is 11.9. The maximum atomic E-state index is 11.9. The highest BCUT2D eigenvalue weighted by atomic mass is 16.2. The van der Waals surface area contributed by atoms with Crippen molar-refractivity contribution in [3.8, 4) is 0 Å². The van der Waals surface area contributed by atoms with Gasteiger partial charge in [0.2, 0.25) is 5.91 Å². The van der Waals surface area contributed by atoms with E-state index >= 15 is 0 Å². The van der Waals surface area contributed by atoms with Gasteiger partial charge in [-0.1, -0.05) is 12.1 Å². The standard InChI is InChI=1S/C15H24N4O2/c1-5-19(4)14(20)11(3)17-15(21)18-13-8-6-7-12(9-13)10(2)16/h6-11H,5,16H2,1-4H3,(H2,17,18,21). The Morgan fingerprint density at radius 3 is 2.57 bits per heavy atom. The fourth-order valence-corrected chi connectivity index (χ4v) is 1.81. The Hall–Kier alpha value is -2.08. The third-order valence-corrected chi connectivity index (χ3v) is 3.24.